The van der Waals surface area contributed by atoms with E-state index in [1.807, 2.05) is 25.3 Å². The Bertz CT molecular complexity index is 534. The zero-order valence-electron chi connectivity index (χ0n) is 9.36. The molecule has 0 saturated carbocycles. The Hall–Kier alpha value is -1.90. The number of methoxy groups -OCH3 is 1. The van der Waals surface area contributed by atoms with Crippen LogP contribution < -0.4 is 0 Å². The minimum atomic E-state index is -0.219. The van der Waals surface area contributed by atoms with Crippen LogP contribution in [0.25, 0.3) is 10.8 Å². The van der Waals surface area contributed by atoms with Crippen molar-refractivity contribution in [2.75, 3.05) is 7.11 Å². The third kappa shape index (κ3) is 2.03. The van der Waals surface area contributed by atoms with Crippen molar-refractivity contribution in [3.63, 3.8) is 0 Å². The zero-order chi connectivity index (χ0) is 11.5. The Kier molecular flexibility index (Phi) is 2.86. The third-order valence-electron chi connectivity index (χ3n) is 2.55. The van der Waals surface area contributed by atoms with E-state index in [4.69, 9.17) is 0 Å². The van der Waals surface area contributed by atoms with Crippen molar-refractivity contribution in [3.8, 4) is 0 Å². The first-order chi connectivity index (χ1) is 7.70. The fourth-order valence-corrected chi connectivity index (χ4v) is 1.83. The number of aromatic nitrogens is 1. The topological polar surface area (TPSA) is 39.2 Å². The van der Waals surface area contributed by atoms with E-state index in [0.717, 1.165) is 21.9 Å². The molecule has 1 heterocycles. The summed E-state index contributed by atoms with van der Waals surface area (Å²) in [4.78, 5) is 15.4. The average molecular weight is 215 g/mol. The van der Waals surface area contributed by atoms with Crippen molar-refractivity contribution < 1.29 is 9.53 Å². The van der Waals surface area contributed by atoms with E-state index >= 15 is 0 Å². The second-order valence-electron chi connectivity index (χ2n) is 3.77. The maximum absolute atomic E-state index is 11.3. The second kappa shape index (κ2) is 4.31. The van der Waals surface area contributed by atoms with Gasteiger partial charge in [-0.3, -0.25) is 9.78 Å². The van der Waals surface area contributed by atoms with Crippen molar-refractivity contribution in [3.05, 3.63) is 41.7 Å². The van der Waals surface area contributed by atoms with Crippen molar-refractivity contribution >= 4 is 16.7 Å². The maximum atomic E-state index is 11.3. The number of carbonyl (C=O) groups excluding carboxylic acids is 1. The Labute approximate surface area is 94.1 Å². The molecule has 16 heavy (non-hydrogen) atoms. The molecule has 2 rings (SSSR count). The fraction of sp³-hybridized carbons (Fsp3) is 0.231. The molecule has 2 aromatic rings. The number of benzene rings is 1. The van der Waals surface area contributed by atoms with Crippen LogP contribution in [0.5, 0.6) is 0 Å². The molecule has 3 nitrogen and oxygen atoms in total. The van der Waals surface area contributed by atoms with Gasteiger partial charge in [0.15, 0.2) is 0 Å². The third-order valence-corrected chi connectivity index (χ3v) is 2.55. The van der Waals surface area contributed by atoms with Crippen LogP contribution in [0.15, 0.2) is 30.6 Å². The van der Waals surface area contributed by atoms with Crippen LogP contribution in [0.3, 0.4) is 0 Å². The van der Waals surface area contributed by atoms with Crippen LogP contribution in [-0.4, -0.2) is 18.1 Å². The number of esters is 1. The van der Waals surface area contributed by atoms with Gasteiger partial charge in [-0.2, -0.15) is 0 Å². The average Bonchev–Trinajstić information content (AvgIpc) is 2.28. The molecule has 0 amide bonds. The molecule has 0 aliphatic carbocycles. The van der Waals surface area contributed by atoms with Gasteiger partial charge in [-0.15, -0.1) is 0 Å². The summed E-state index contributed by atoms with van der Waals surface area (Å²) in [6, 6.07) is 6.00. The molecule has 0 fully saturated rings. The van der Waals surface area contributed by atoms with Gasteiger partial charge in [0.2, 0.25) is 0 Å². The van der Waals surface area contributed by atoms with Gasteiger partial charge in [-0.25, -0.2) is 0 Å². The van der Waals surface area contributed by atoms with Crippen LogP contribution in [-0.2, 0) is 16.0 Å². The molecule has 1 aromatic carbocycles. The molecule has 0 N–H and O–H groups in total. The summed E-state index contributed by atoms with van der Waals surface area (Å²) in [5, 5.41) is 2.12. The van der Waals surface area contributed by atoms with Crippen LogP contribution in [0, 0.1) is 6.92 Å². The molecule has 0 aliphatic heterocycles. The largest absolute Gasteiger partial charge is 0.469 e. The van der Waals surface area contributed by atoms with E-state index in [-0.39, 0.29) is 5.97 Å². The van der Waals surface area contributed by atoms with Gasteiger partial charge >= 0.3 is 5.97 Å². The summed E-state index contributed by atoms with van der Waals surface area (Å²) < 4.78 is 4.69. The zero-order valence-corrected chi connectivity index (χ0v) is 9.36. The summed E-state index contributed by atoms with van der Waals surface area (Å²) in [6.45, 7) is 2.01. The highest BCUT2D eigenvalue weighted by molar-refractivity contribution is 5.88. The summed E-state index contributed by atoms with van der Waals surface area (Å²) >= 11 is 0. The first-order valence-corrected chi connectivity index (χ1v) is 5.11. The fourth-order valence-electron chi connectivity index (χ4n) is 1.83. The monoisotopic (exact) mass is 215 g/mol. The first kappa shape index (κ1) is 10.6. The number of carbonyl (C=O) groups is 1. The van der Waals surface area contributed by atoms with Crippen LogP contribution in [0.2, 0.25) is 0 Å². The highest BCUT2D eigenvalue weighted by atomic mass is 16.5. The lowest BCUT2D eigenvalue weighted by atomic mass is 10.0. The number of hydrogen-bond donors (Lipinski definition) is 0. The SMILES string of the molecule is COC(=O)Cc1cc(C)cc2cnccc12. The maximum Gasteiger partial charge on any atom is 0.309 e. The summed E-state index contributed by atoms with van der Waals surface area (Å²) in [6.07, 6.45) is 3.85. The van der Waals surface area contributed by atoms with Crippen LogP contribution in [0.4, 0.5) is 0 Å². The minimum absolute atomic E-state index is 0.219. The van der Waals surface area contributed by atoms with E-state index in [2.05, 4.69) is 15.8 Å². The highest BCUT2D eigenvalue weighted by Crippen LogP contribution is 2.20. The predicted octanol–water partition coefficient (Wildman–Crippen LogP) is 2.26. The van der Waals surface area contributed by atoms with E-state index in [9.17, 15) is 4.79 Å². The Balaban J connectivity index is 2.54. The standard InChI is InChI=1S/C13H13NO2/c1-9-5-10(7-13(15)16-2)12-3-4-14-8-11(12)6-9/h3-6,8H,7H2,1-2H3. The molecule has 0 aliphatic rings. The lowest BCUT2D eigenvalue weighted by Gasteiger charge is -2.06. The second-order valence-corrected chi connectivity index (χ2v) is 3.77. The molecule has 82 valence electrons. The number of hydrogen-bond acceptors (Lipinski definition) is 3. The summed E-state index contributed by atoms with van der Waals surface area (Å²) in [5.41, 5.74) is 2.11. The predicted molar refractivity (Wildman–Crippen MR) is 62.2 cm³/mol. The number of nitrogens with zero attached hydrogens (tertiary/aromatic N) is 1. The van der Waals surface area contributed by atoms with Gasteiger partial charge in [0, 0.05) is 17.8 Å². The molecule has 0 atom stereocenters. The van der Waals surface area contributed by atoms with Crippen molar-refractivity contribution in [1.82, 2.24) is 4.98 Å². The number of fused-ring (bicyclic) bond motifs is 1. The summed E-state index contributed by atoms with van der Waals surface area (Å²) in [5.74, 6) is -0.219. The summed E-state index contributed by atoms with van der Waals surface area (Å²) in [7, 11) is 1.40. The van der Waals surface area contributed by atoms with E-state index in [1.165, 1.54) is 7.11 Å². The van der Waals surface area contributed by atoms with E-state index < -0.39 is 0 Å². The van der Waals surface area contributed by atoms with Crippen molar-refractivity contribution in [1.29, 1.82) is 0 Å². The Morgan fingerprint density at radius 1 is 1.44 bits per heavy atom. The lowest BCUT2D eigenvalue weighted by Crippen LogP contribution is -2.05. The number of aryl methyl sites for hydroxylation is 1. The quantitative estimate of drug-likeness (QED) is 0.721. The molecular formula is C13H13NO2. The number of pyridine rings is 1. The molecule has 1 aromatic heterocycles. The van der Waals surface area contributed by atoms with Gasteiger partial charge in [0.05, 0.1) is 13.5 Å². The van der Waals surface area contributed by atoms with Gasteiger partial charge in [-0.05, 0) is 30.0 Å². The number of rotatable bonds is 2. The Morgan fingerprint density at radius 2 is 2.25 bits per heavy atom. The molecule has 0 saturated heterocycles. The van der Waals surface area contributed by atoms with Gasteiger partial charge in [0.1, 0.15) is 0 Å². The van der Waals surface area contributed by atoms with Gasteiger partial charge in [0.25, 0.3) is 0 Å². The van der Waals surface area contributed by atoms with E-state index in [1.54, 1.807) is 6.20 Å². The molecule has 3 heteroatoms. The van der Waals surface area contributed by atoms with Gasteiger partial charge < -0.3 is 4.74 Å². The Morgan fingerprint density at radius 3 is 3.00 bits per heavy atom. The van der Waals surface area contributed by atoms with E-state index in [0.29, 0.717) is 6.42 Å². The first-order valence-electron chi connectivity index (χ1n) is 5.11. The van der Waals surface area contributed by atoms with Gasteiger partial charge in [-0.1, -0.05) is 11.6 Å². The smallest absolute Gasteiger partial charge is 0.309 e. The molecule has 0 bridgehead atoms. The van der Waals surface area contributed by atoms with Crippen LogP contribution >= 0.6 is 0 Å². The van der Waals surface area contributed by atoms with Crippen LogP contribution in [0.1, 0.15) is 11.1 Å². The normalized spacial score (nSPS) is 10.4. The minimum Gasteiger partial charge on any atom is -0.469 e. The molecular weight excluding hydrogens is 202 g/mol. The van der Waals surface area contributed by atoms with Crippen molar-refractivity contribution in [2.24, 2.45) is 0 Å². The van der Waals surface area contributed by atoms with Crippen molar-refractivity contribution in [2.45, 2.75) is 13.3 Å². The highest BCUT2D eigenvalue weighted by Gasteiger charge is 2.07. The molecule has 0 unspecified atom stereocenters. The molecule has 0 spiro atoms. The number of ether oxygens (including phenoxy) is 1. The lowest BCUT2D eigenvalue weighted by molar-refractivity contribution is -0.139. The molecule has 0 radical (unpaired) electrons.